The normalized spacial score (nSPS) is 41.6. The molecule has 3 unspecified atom stereocenters. The van der Waals surface area contributed by atoms with Crippen LogP contribution in [0.3, 0.4) is 0 Å². The zero-order chi connectivity index (χ0) is 13.7. The molecular formula is C17H19BrO2. The predicted molar refractivity (Wildman–Crippen MR) is 80.9 cm³/mol. The molecule has 0 aromatic heterocycles. The molecule has 0 N–H and O–H groups in total. The quantitative estimate of drug-likeness (QED) is 0.598. The first kappa shape index (κ1) is 12.9. The summed E-state index contributed by atoms with van der Waals surface area (Å²) in [5.74, 6) is 2.09. The Morgan fingerprint density at radius 2 is 1.75 bits per heavy atom. The largest absolute Gasteiger partial charge is 0.457 e. The van der Waals surface area contributed by atoms with Crippen LogP contribution in [0.15, 0.2) is 30.3 Å². The van der Waals surface area contributed by atoms with Crippen molar-refractivity contribution in [1.82, 2.24) is 0 Å². The minimum absolute atomic E-state index is 0.0478. The lowest BCUT2D eigenvalue weighted by Crippen LogP contribution is -2.58. The molecule has 1 aromatic rings. The number of rotatable bonds is 2. The highest BCUT2D eigenvalue weighted by atomic mass is 79.9. The second-order valence-electron chi connectivity index (χ2n) is 6.83. The summed E-state index contributed by atoms with van der Waals surface area (Å²) >= 11 is 3.95. The van der Waals surface area contributed by atoms with Gasteiger partial charge < -0.3 is 4.74 Å². The van der Waals surface area contributed by atoms with Gasteiger partial charge in [-0.2, -0.15) is 0 Å². The molecule has 0 radical (unpaired) electrons. The smallest absolute Gasteiger partial charge is 0.338 e. The number of halogens is 1. The van der Waals surface area contributed by atoms with Crippen molar-refractivity contribution >= 4 is 21.9 Å². The molecule has 4 bridgehead atoms. The van der Waals surface area contributed by atoms with Crippen LogP contribution in [0.5, 0.6) is 0 Å². The van der Waals surface area contributed by atoms with Gasteiger partial charge in [0, 0.05) is 0 Å². The van der Waals surface area contributed by atoms with Gasteiger partial charge in [0.25, 0.3) is 0 Å². The topological polar surface area (TPSA) is 26.3 Å². The van der Waals surface area contributed by atoms with E-state index in [0.29, 0.717) is 11.5 Å². The van der Waals surface area contributed by atoms with Crippen molar-refractivity contribution in [3.05, 3.63) is 35.9 Å². The van der Waals surface area contributed by atoms with E-state index in [-0.39, 0.29) is 16.4 Å². The van der Waals surface area contributed by atoms with E-state index in [1.54, 1.807) is 0 Å². The minimum Gasteiger partial charge on any atom is -0.457 e. The van der Waals surface area contributed by atoms with Gasteiger partial charge in [-0.05, 0) is 62.0 Å². The predicted octanol–water partition coefficient (Wildman–Crippen LogP) is 4.19. The molecule has 4 saturated carbocycles. The maximum absolute atomic E-state index is 12.3. The number of carbonyl (C=O) groups is 1. The summed E-state index contributed by atoms with van der Waals surface area (Å²) in [6.07, 6.45) is 6.29. The molecule has 2 nitrogen and oxygen atoms in total. The Hall–Kier alpha value is -0.830. The lowest BCUT2D eigenvalue weighted by Gasteiger charge is -2.57. The van der Waals surface area contributed by atoms with Crippen LogP contribution in [-0.4, -0.2) is 16.4 Å². The van der Waals surface area contributed by atoms with Crippen LogP contribution in [0.2, 0.25) is 0 Å². The van der Waals surface area contributed by atoms with Gasteiger partial charge in [0.2, 0.25) is 0 Å². The van der Waals surface area contributed by atoms with E-state index >= 15 is 0 Å². The van der Waals surface area contributed by atoms with Crippen LogP contribution < -0.4 is 0 Å². The van der Waals surface area contributed by atoms with Crippen LogP contribution in [0.4, 0.5) is 0 Å². The Morgan fingerprint density at radius 1 is 1.10 bits per heavy atom. The molecule has 0 amide bonds. The SMILES string of the molecule is O=C(OC1C2C[C@@H]3C[C@H](C2)CC1(Br)C3)c1ccccc1. The summed E-state index contributed by atoms with van der Waals surface area (Å²) in [6, 6.07) is 9.36. The van der Waals surface area contributed by atoms with E-state index in [2.05, 4.69) is 15.9 Å². The summed E-state index contributed by atoms with van der Waals surface area (Å²) in [5.41, 5.74) is 0.664. The zero-order valence-corrected chi connectivity index (χ0v) is 13.0. The van der Waals surface area contributed by atoms with E-state index in [4.69, 9.17) is 4.74 Å². The number of esters is 1. The fourth-order valence-corrected chi connectivity index (χ4v) is 6.24. The van der Waals surface area contributed by atoms with Crippen LogP contribution in [-0.2, 0) is 4.74 Å². The van der Waals surface area contributed by atoms with E-state index < -0.39 is 0 Å². The van der Waals surface area contributed by atoms with Crippen molar-refractivity contribution in [3.63, 3.8) is 0 Å². The molecule has 4 fully saturated rings. The maximum atomic E-state index is 12.3. The van der Waals surface area contributed by atoms with Gasteiger partial charge in [0.05, 0.1) is 9.89 Å². The molecule has 1 aromatic carbocycles. The zero-order valence-electron chi connectivity index (χ0n) is 11.4. The highest BCUT2D eigenvalue weighted by molar-refractivity contribution is 9.10. The fourth-order valence-electron chi connectivity index (χ4n) is 4.85. The Balaban J connectivity index is 1.55. The first-order chi connectivity index (χ1) is 9.64. The standard InChI is InChI=1S/C17H19BrO2/c18-17-9-11-6-12(10-17)8-14(7-11)15(17)20-16(19)13-4-2-1-3-5-13/h1-5,11-12,14-15H,6-10H2/t11-,12+,14?,15?,17?. The summed E-state index contributed by atoms with van der Waals surface area (Å²) < 4.78 is 5.98. The number of hydrogen-bond acceptors (Lipinski definition) is 2. The van der Waals surface area contributed by atoms with Crippen LogP contribution in [0.25, 0.3) is 0 Å². The first-order valence-electron chi connectivity index (χ1n) is 7.59. The number of ether oxygens (including phenoxy) is 1. The Labute approximate surface area is 128 Å². The average Bonchev–Trinajstić information content (AvgIpc) is 2.42. The highest BCUT2D eigenvalue weighted by Gasteiger charge is 2.57. The first-order valence-corrected chi connectivity index (χ1v) is 8.38. The molecule has 4 aliphatic carbocycles. The maximum Gasteiger partial charge on any atom is 0.338 e. The fraction of sp³-hybridized carbons (Fsp3) is 0.588. The summed E-state index contributed by atoms with van der Waals surface area (Å²) in [7, 11) is 0. The molecule has 4 aliphatic rings. The van der Waals surface area contributed by atoms with Gasteiger partial charge in [0.1, 0.15) is 6.10 Å². The van der Waals surface area contributed by atoms with Gasteiger partial charge >= 0.3 is 5.97 Å². The van der Waals surface area contributed by atoms with E-state index in [9.17, 15) is 4.79 Å². The van der Waals surface area contributed by atoms with Gasteiger partial charge in [-0.25, -0.2) is 4.79 Å². The molecule has 0 aliphatic heterocycles. The van der Waals surface area contributed by atoms with Crippen molar-refractivity contribution in [3.8, 4) is 0 Å². The molecule has 106 valence electrons. The summed E-state index contributed by atoms with van der Waals surface area (Å²) in [5, 5.41) is 0. The summed E-state index contributed by atoms with van der Waals surface area (Å²) in [6.45, 7) is 0. The number of benzene rings is 1. The van der Waals surface area contributed by atoms with Crippen LogP contribution in [0, 0.1) is 17.8 Å². The Morgan fingerprint density at radius 3 is 2.35 bits per heavy atom. The van der Waals surface area contributed by atoms with Crippen molar-refractivity contribution in [2.75, 3.05) is 0 Å². The molecule has 0 saturated heterocycles. The Kier molecular flexibility index (Phi) is 2.95. The Bertz CT molecular complexity index is 513. The third-order valence-corrected chi connectivity index (χ3v) is 6.48. The average molecular weight is 335 g/mol. The number of alkyl halides is 1. The van der Waals surface area contributed by atoms with Crippen molar-refractivity contribution in [2.45, 2.75) is 42.5 Å². The molecule has 5 rings (SSSR count). The molecule has 0 heterocycles. The third-order valence-electron chi connectivity index (χ3n) is 5.38. The van der Waals surface area contributed by atoms with E-state index in [1.165, 1.54) is 32.1 Å². The molecule has 20 heavy (non-hydrogen) atoms. The van der Waals surface area contributed by atoms with Crippen LogP contribution >= 0.6 is 15.9 Å². The van der Waals surface area contributed by atoms with E-state index in [1.807, 2.05) is 30.3 Å². The van der Waals surface area contributed by atoms with Crippen molar-refractivity contribution < 1.29 is 9.53 Å². The van der Waals surface area contributed by atoms with Gasteiger partial charge in [-0.1, -0.05) is 34.1 Å². The molecule has 5 atom stereocenters. The van der Waals surface area contributed by atoms with Gasteiger partial charge in [0.15, 0.2) is 0 Å². The van der Waals surface area contributed by atoms with Crippen molar-refractivity contribution in [1.29, 1.82) is 0 Å². The third kappa shape index (κ3) is 2.02. The van der Waals surface area contributed by atoms with Crippen molar-refractivity contribution in [2.24, 2.45) is 17.8 Å². The highest BCUT2D eigenvalue weighted by Crippen LogP contribution is 2.60. The second kappa shape index (κ2) is 4.59. The summed E-state index contributed by atoms with van der Waals surface area (Å²) in [4.78, 5) is 12.3. The minimum atomic E-state index is -0.165. The lowest BCUT2D eigenvalue weighted by atomic mass is 9.55. The second-order valence-corrected chi connectivity index (χ2v) is 8.41. The van der Waals surface area contributed by atoms with E-state index in [0.717, 1.165) is 11.8 Å². The number of hydrogen-bond donors (Lipinski definition) is 0. The monoisotopic (exact) mass is 334 g/mol. The molecular weight excluding hydrogens is 316 g/mol. The molecule has 0 spiro atoms. The number of carbonyl (C=O) groups excluding carboxylic acids is 1. The van der Waals surface area contributed by atoms with Gasteiger partial charge in [-0.15, -0.1) is 0 Å². The van der Waals surface area contributed by atoms with Crippen LogP contribution in [0.1, 0.15) is 42.5 Å². The molecule has 3 heteroatoms. The van der Waals surface area contributed by atoms with Gasteiger partial charge in [-0.3, -0.25) is 0 Å². The lowest BCUT2D eigenvalue weighted by molar-refractivity contribution is -0.0833.